The van der Waals surface area contributed by atoms with Crippen molar-refractivity contribution in [2.75, 3.05) is 23.9 Å². The first-order chi connectivity index (χ1) is 7.01. The fourth-order valence-corrected chi connectivity index (χ4v) is 1.43. The maximum absolute atomic E-state index is 10.8. The van der Waals surface area contributed by atoms with Gasteiger partial charge in [0.05, 0.1) is 5.75 Å². The fraction of sp³-hybridized carbons (Fsp3) is 0.333. The first kappa shape index (κ1) is 11.5. The number of sulfone groups is 1. The minimum atomic E-state index is -2.97. The van der Waals surface area contributed by atoms with Crippen molar-refractivity contribution in [3.05, 3.63) is 23.9 Å². The summed E-state index contributed by atoms with van der Waals surface area (Å²) >= 11 is 0. The Morgan fingerprint density at radius 3 is 2.87 bits per heavy atom. The van der Waals surface area contributed by atoms with E-state index in [1.165, 1.54) is 6.26 Å². The van der Waals surface area contributed by atoms with Gasteiger partial charge >= 0.3 is 0 Å². The molecule has 0 amide bonds. The van der Waals surface area contributed by atoms with E-state index in [2.05, 4.69) is 10.3 Å². The van der Waals surface area contributed by atoms with Gasteiger partial charge in [-0.2, -0.15) is 5.26 Å². The molecule has 0 atom stereocenters. The smallest absolute Gasteiger partial charge is 0.149 e. The molecule has 6 heteroatoms. The molecule has 0 saturated heterocycles. The molecular weight excluding hydrogens is 214 g/mol. The molecule has 80 valence electrons. The van der Waals surface area contributed by atoms with Crippen molar-refractivity contribution in [1.82, 2.24) is 4.98 Å². The van der Waals surface area contributed by atoms with Gasteiger partial charge in [-0.1, -0.05) is 6.07 Å². The van der Waals surface area contributed by atoms with Crippen LogP contribution in [0.3, 0.4) is 0 Å². The van der Waals surface area contributed by atoms with Crippen LogP contribution in [-0.2, 0) is 9.84 Å². The third-order valence-electron chi connectivity index (χ3n) is 1.64. The van der Waals surface area contributed by atoms with E-state index in [1.807, 2.05) is 6.07 Å². The van der Waals surface area contributed by atoms with Gasteiger partial charge in [0.25, 0.3) is 0 Å². The minimum Gasteiger partial charge on any atom is -0.369 e. The van der Waals surface area contributed by atoms with Crippen LogP contribution in [0.25, 0.3) is 0 Å². The number of rotatable bonds is 4. The Kier molecular flexibility index (Phi) is 3.63. The normalized spacial score (nSPS) is 10.7. The summed E-state index contributed by atoms with van der Waals surface area (Å²) in [5, 5.41) is 11.4. The first-order valence-electron chi connectivity index (χ1n) is 4.30. The molecule has 0 radical (unpaired) electrons. The Hall–Kier alpha value is -1.61. The Balaban J connectivity index is 2.55. The summed E-state index contributed by atoms with van der Waals surface area (Å²) in [4.78, 5) is 3.94. The van der Waals surface area contributed by atoms with Gasteiger partial charge in [-0.3, -0.25) is 0 Å². The predicted octanol–water partition coefficient (Wildman–Crippen LogP) is 0.410. The summed E-state index contributed by atoms with van der Waals surface area (Å²) < 4.78 is 21.7. The lowest BCUT2D eigenvalue weighted by Crippen LogP contribution is -2.14. The van der Waals surface area contributed by atoms with E-state index in [0.29, 0.717) is 18.1 Å². The number of nitriles is 1. The molecule has 0 aliphatic rings. The molecule has 0 saturated carbocycles. The van der Waals surface area contributed by atoms with E-state index < -0.39 is 9.84 Å². The molecule has 0 aliphatic carbocycles. The van der Waals surface area contributed by atoms with Crippen LogP contribution in [0.4, 0.5) is 5.82 Å². The molecule has 1 N–H and O–H groups in total. The van der Waals surface area contributed by atoms with Crippen molar-refractivity contribution in [3.63, 3.8) is 0 Å². The van der Waals surface area contributed by atoms with Gasteiger partial charge in [0.2, 0.25) is 0 Å². The summed E-state index contributed by atoms with van der Waals surface area (Å²) in [6.45, 7) is 0.292. The lowest BCUT2D eigenvalue weighted by Gasteiger charge is -2.03. The minimum absolute atomic E-state index is 0.0471. The molecule has 0 unspecified atom stereocenters. The Labute approximate surface area is 88.7 Å². The van der Waals surface area contributed by atoms with E-state index in [9.17, 15) is 8.42 Å². The second kappa shape index (κ2) is 4.75. The Morgan fingerprint density at radius 2 is 2.27 bits per heavy atom. The van der Waals surface area contributed by atoms with Crippen molar-refractivity contribution in [3.8, 4) is 6.07 Å². The Morgan fingerprint density at radius 1 is 1.53 bits per heavy atom. The van der Waals surface area contributed by atoms with E-state index in [0.717, 1.165) is 0 Å². The molecule has 0 aliphatic heterocycles. The zero-order chi connectivity index (χ0) is 11.3. The lowest BCUT2D eigenvalue weighted by atomic mass is 10.3. The summed E-state index contributed by atoms with van der Waals surface area (Å²) in [5.74, 6) is 0.559. The molecule has 15 heavy (non-hydrogen) atoms. The van der Waals surface area contributed by atoms with Crippen LogP contribution in [0.15, 0.2) is 18.2 Å². The van der Waals surface area contributed by atoms with Gasteiger partial charge in [0.1, 0.15) is 27.4 Å². The van der Waals surface area contributed by atoms with Crippen molar-refractivity contribution >= 4 is 15.7 Å². The maximum Gasteiger partial charge on any atom is 0.149 e. The van der Waals surface area contributed by atoms with Crippen LogP contribution in [0, 0.1) is 11.3 Å². The van der Waals surface area contributed by atoms with Gasteiger partial charge in [-0.05, 0) is 12.1 Å². The average Bonchev–Trinajstić information content (AvgIpc) is 2.16. The van der Waals surface area contributed by atoms with E-state index in [4.69, 9.17) is 5.26 Å². The number of nitrogens with zero attached hydrogens (tertiary/aromatic N) is 2. The highest BCUT2D eigenvalue weighted by molar-refractivity contribution is 7.90. The molecule has 0 bridgehead atoms. The molecule has 1 aromatic heterocycles. The topological polar surface area (TPSA) is 82.9 Å². The van der Waals surface area contributed by atoms with Crippen LogP contribution in [0.2, 0.25) is 0 Å². The van der Waals surface area contributed by atoms with Crippen LogP contribution < -0.4 is 5.32 Å². The highest BCUT2D eigenvalue weighted by Crippen LogP contribution is 2.03. The molecule has 5 nitrogen and oxygen atoms in total. The number of hydrogen-bond acceptors (Lipinski definition) is 5. The highest BCUT2D eigenvalue weighted by Gasteiger charge is 2.01. The van der Waals surface area contributed by atoms with Gasteiger partial charge in [0.15, 0.2) is 0 Å². The number of nitrogens with one attached hydrogen (secondary N) is 1. The van der Waals surface area contributed by atoms with Crippen molar-refractivity contribution in [2.45, 2.75) is 0 Å². The third kappa shape index (κ3) is 4.42. The number of aromatic nitrogens is 1. The molecule has 0 spiro atoms. The maximum atomic E-state index is 10.8. The number of anilines is 1. The van der Waals surface area contributed by atoms with Crippen LogP contribution >= 0.6 is 0 Å². The monoisotopic (exact) mass is 225 g/mol. The number of pyridine rings is 1. The average molecular weight is 225 g/mol. The second-order valence-corrected chi connectivity index (χ2v) is 5.34. The SMILES string of the molecule is CS(=O)(=O)CCNc1cccc(C#N)n1. The second-order valence-electron chi connectivity index (χ2n) is 3.08. The van der Waals surface area contributed by atoms with Crippen LogP contribution in [0.5, 0.6) is 0 Å². The standard InChI is InChI=1S/C9H11N3O2S/c1-15(13,14)6-5-11-9-4-2-3-8(7-10)12-9/h2-4H,5-6H2,1H3,(H,11,12). The van der Waals surface area contributed by atoms with Crippen LogP contribution in [-0.4, -0.2) is 32.0 Å². The van der Waals surface area contributed by atoms with Gasteiger partial charge < -0.3 is 5.32 Å². The van der Waals surface area contributed by atoms with Gasteiger partial charge in [0, 0.05) is 12.8 Å². The molecule has 0 aromatic carbocycles. The highest BCUT2D eigenvalue weighted by atomic mass is 32.2. The molecule has 1 rings (SSSR count). The van der Waals surface area contributed by atoms with Crippen molar-refractivity contribution < 1.29 is 8.42 Å². The molecule has 1 aromatic rings. The summed E-state index contributed by atoms with van der Waals surface area (Å²) in [6, 6.07) is 6.86. The molecule has 1 heterocycles. The Bertz CT molecular complexity index is 476. The first-order valence-corrected chi connectivity index (χ1v) is 6.36. The molecule has 0 fully saturated rings. The fourth-order valence-electron chi connectivity index (χ4n) is 0.960. The van der Waals surface area contributed by atoms with Gasteiger partial charge in [-0.15, -0.1) is 0 Å². The largest absolute Gasteiger partial charge is 0.369 e. The van der Waals surface area contributed by atoms with E-state index in [1.54, 1.807) is 18.2 Å². The number of hydrogen-bond donors (Lipinski definition) is 1. The lowest BCUT2D eigenvalue weighted by molar-refractivity contribution is 0.602. The summed E-state index contributed by atoms with van der Waals surface area (Å²) in [5.41, 5.74) is 0.305. The van der Waals surface area contributed by atoms with E-state index in [-0.39, 0.29) is 5.75 Å². The zero-order valence-electron chi connectivity index (χ0n) is 8.27. The quantitative estimate of drug-likeness (QED) is 0.802. The van der Waals surface area contributed by atoms with Crippen molar-refractivity contribution in [1.29, 1.82) is 5.26 Å². The van der Waals surface area contributed by atoms with Crippen LogP contribution in [0.1, 0.15) is 5.69 Å². The summed E-state index contributed by atoms with van der Waals surface area (Å²) in [6.07, 6.45) is 1.17. The summed E-state index contributed by atoms with van der Waals surface area (Å²) in [7, 11) is -2.97. The van der Waals surface area contributed by atoms with Crippen molar-refractivity contribution in [2.24, 2.45) is 0 Å². The zero-order valence-corrected chi connectivity index (χ0v) is 9.08. The molecular formula is C9H11N3O2S. The third-order valence-corrected chi connectivity index (χ3v) is 2.59. The van der Waals surface area contributed by atoms with Gasteiger partial charge in [-0.25, -0.2) is 13.4 Å². The predicted molar refractivity (Wildman–Crippen MR) is 57.2 cm³/mol. The van der Waals surface area contributed by atoms with E-state index >= 15 is 0 Å².